The third-order valence-electron chi connectivity index (χ3n) is 7.91. The molecule has 12 nitrogen and oxygen atoms in total. The summed E-state index contributed by atoms with van der Waals surface area (Å²) in [6.45, 7) is 20.8. The first kappa shape index (κ1) is 44.7. The maximum atomic E-state index is 6.17. The van der Waals surface area contributed by atoms with E-state index in [4.69, 9.17) is 56.8 Å². The van der Waals surface area contributed by atoms with Crippen LogP contribution in [0.15, 0.2) is 0 Å². The molecule has 2 aliphatic heterocycles. The van der Waals surface area contributed by atoms with Gasteiger partial charge in [0.15, 0.2) is 5.79 Å². The van der Waals surface area contributed by atoms with Gasteiger partial charge in [0.1, 0.15) is 36.6 Å². The summed E-state index contributed by atoms with van der Waals surface area (Å²) in [6, 6.07) is 0. The van der Waals surface area contributed by atoms with E-state index in [1.54, 1.807) is 0 Å². The minimum absolute atomic E-state index is 0.0806. The molecule has 0 aliphatic carbocycles. The average Bonchev–Trinajstić information content (AvgIpc) is 3.84. The lowest BCUT2D eigenvalue weighted by molar-refractivity contribution is -0.148. The SMILES string of the molecule is CCCCOC(COCC(COCC(COCC1COC(C)(C)O1)OCCCC)OCCCC)COCC(COCC1CO1)OCCCC. The Balaban J connectivity index is 1.80. The van der Waals surface area contributed by atoms with Crippen molar-refractivity contribution in [3.8, 4) is 0 Å². The lowest BCUT2D eigenvalue weighted by atomic mass is 10.3. The fourth-order valence-corrected chi connectivity index (χ4v) is 4.82. The fourth-order valence-electron chi connectivity index (χ4n) is 4.82. The van der Waals surface area contributed by atoms with Gasteiger partial charge < -0.3 is 56.8 Å². The van der Waals surface area contributed by atoms with Crippen LogP contribution >= 0.6 is 0 Å². The summed E-state index contributed by atoms with van der Waals surface area (Å²) >= 11 is 0. The molecule has 0 aromatic rings. The standard InChI is InChI=1S/C37H72O12/c1-7-11-15-43-31(21-39-23-33(45-17-13-9-3)25-41-27-35-29-47-35)19-38-20-32(44-16-12-8-2)22-40-24-34(46-18-14-10-4)26-42-28-36-30-48-37(5,6)49-36/h31-36H,7-30H2,1-6H3. The summed E-state index contributed by atoms with van der Waals surface area (Å²) in [5.74, 6) is -0.565. The van der Waals surface area contributed by atoms with E-state index in [0.29, 0.717) is 99.1 Å². The molecule has 0 aromatic carbocycles. The predicted octanol–water partition coefficient (Wildman–Crippen LogP) is 5.36. The highest BCUT2D eigenvalue weighted by Gasteiger charge is 2.33. The third-order valence-corrected chi connectivity index (χ3v) is 7.91. The van der Waals surface area contributed by atoms with Crippen molar-refractivity contribution in [3.05, 3.63) is 0 Å². The van der Waals surface area contributed by atoms with Crippen LogP contribution in [0.25, 0.3) is 0 Å². The summed E-state index contributed by atoms with van der Waals surface area (Å²) in [5, 5.41) is 0. The molecule has 12 heteroatoms. The molecular weight excluding hydrogens is 636 g/mol. The van der Waals surface area contributed by atoms with Gasteiger partial charge >= 0.3 is 0 Å². The van der Waals surface area contributed by atoms with Gasteiger partial charge in [0.05, 0.1) is 79.3 Å². The quantitative estimate of drug-likeness (QED) is 0.0617. The van der Waals surface area contributed by atoms with E-state index >= 15 is 0 Å². The maximum Gasteiger partial charge on any atom is 0.163 e. The summed E-state index contributed by atoms with van der Waals surface area (Å²) in [5.41, 5.74) is 0. The Morgan fingerprint density at radius 3 is 1.10 bits per heavy atom. The maximum absolute atomic E-state index is 6.17. The van der Waals surface area contributed by atoms with Crippen LogP contribution in [0.3, 0.4) is 0 Å². The van der Waals surface area contributed by atoms with E-state index < -0.39 is 5.79 Å². The molecular formula is C37H72O12. The summed E-state index contributed by atoms with van der Waals surface area (Å²) in [6.07, 6.45) is 7.63. The van der Waals surface area contributed by atoms with Crippen molar-refractivity contribution in [3.63, 3.8) is 0 Å². The van der Waals surface area contributed by atoms with Crippen LogP contribution < -0.4 is 0 Å². The smallest absolute Gasteiger partial charge is 0.163 e. The molecule has 0 radical (unpaired) electrons. The van der Waals surface area contributed by atoms with Gasteiger partial charge in [0.25, 0.3) is 0 Å². The van der Waals surface area contributed by atoms with Gasteiger partial charge in [-0.3, -0.25) is 0 Å². The van der Waals surface area contributed by atoms with Crippen LogP contribution in [0.1, 0.15) is 92.9 Å². The number of hydrogen-bond acceptors (Lipinski definition) is 12. The molecule has 49 heavy (non-hydrogen) atoms. The second-order valence-electron chi connectivity index (χ2n) is 13.5. The Labute approximate surface area is 297 Å². The van der Waals surface area contributed by atoms with Crippen LogP contribution in [0.2, 0.25) is 0 Å². The van der Waals surface area contributed by atoms with E-state index in [1.807, 2.05) is 13.8 Å². The van der Waals surface area contributed by atoms with Gasteiger partial charge in [-0.1, -0.05) is 53.4 Å². The average molecular weight is 709 g/mol. The van der Waals surface area contributed by atoms with Crippen molar-refractivity contribution < 1.29 is 56.8 Å². The molecule has 2 fully saturated rings. The van der Waals surface area contributed by atoms with Crippen molar-refractivity contribution in [1.29, 1.82) is 0 Å². The van der Waals surface area contributed by atoms with Gasteiger partial charge in [0, 0.05) is 26.4 Å². The highest BCUT2D eigenvalue weighted by Crippen LogP contribution is 2.22. The van der Waals surface area contributed by atoms with Gasteiger partial charge in [-0.2, -0.15) is 0 Å². The van der Waals surface area contributed by atoms with Crippen LogP contribution in [-0.2, 0) is 56.8 Å². The normalized spacial score (nSPS) is 21.2. The molecule has 2 rings (SSSR count). The zero-order valence-electron chi connectivity index (χ0n) is 31.8. The molecule has 0 N–H and O–H groups in total. The minimum atomic E-state index is -0.565. The van der Waals surface area contributed by atoms with E-state index in [2.05, 4.69) is 27.7 Å². The number of rotatable bonds is 36. The van der Waals surface area contributed by atoms with Crippen LogP contribution in [0.5, 0.6) is 0 Å². The summed E-state index contributed by atoms with van der Waals surface area (Å²) in [4.78, 5) is 0. The Morgan fingerprint density at radius 2 is 0.816 bits per heavy atom. The Kier molecular flexibility index (Phi) is 26.5. The highest BCUT2D eigenvalue weighted by molar-refractivity contribution is 4.71. The number of unbranched alkanes of at least 4 members (excludes halogenated alkanes) is 4. The second kappa shape index (κ2) is 29.0. The first-order valence-corrected chi connectivity index (χ1v) is 19.2. The van der Waals surface area contributed by atoms with Crippen LogP contribution in [0.4, 0.5) is 0 Å². The van der Waals surface area contributed by atoms with Gasteiger partial charge in [-0.05, 0) is 39.5 Å². The van der Waals surface area contributed by atoms with Crippen molar-refractivity contribution in [2.75, 3.05) is 106 Å². The van der Waals surface area contributed by atoms with Crippen molar-refractivity contribution in [2.24, 2.45) is 0 Å². The molecule has 6 atom stereocenters. The van der Waals surface area contributed by atoms with E-state index in [-0.39, 0.29) is 36.6 Å². The number of ether oxygens (including phenoxy) is 12. The zero-order chi connectivity index (χ0) is 35.4. The summed E-state index contributed by atoms with van der Waals surface area (Å²) < 4.78 is 71.4. The van der Waals surface area contributed by atoms with E-state index in [0.717, 1.165) is 58.0 Å². The monoisotopic (exact) mass is 709 g/mol. The van der Waals surface area contributed by atoms with E-state index in [9.17, 15) is 0 Å². The van der Waals surface area contributed by atoms with Gasteiger partial charge in [0.2, 0.25) is 0 Å². The second-order valence-corrected chi connectivity index (χ2v) is 13.5. The molecule has 2 heterocycles. The first-order chi connectivity index (χ1) is 23.9. The molecule has 0 spiro atoms. The molecule has 0 saturated carbocycles. The number of epoxide rings is 1. The molecule has 0 aromatic heterocycles. The lowest BCUT2D eigenvalue weighted by Gasteiger charge is -2.24. The largest absolute Gasteiger partial charge is 0.376 e. The topological polar surface area (TPSA) is 114 Å². The van der Waals surface area contributed by atoms with Crippen molar-refractivity contribution in [1.82, 2.24) is 0 Å². The fraction of sp³-hybridized carbons (Fsp3) is 1.00. The third kappa shape index (κ3) is 24.4. The molecule has 0 bridgehead atoms. The molecule has 2 aliphatic rings. The van der Waals surface area contributed by atoms with Gasteiger partial charge in [-0.25, -0.2) is 0 Å². The summed E-state index contributed by atoms with van der Waals surface area (Å²) in [7, 11) is 0. The molecule has 0 amide bonds. The van der Waals surface area contributed by atoms with Crippen LogP contribution in [-0.4, -0.2) is 148 Å². The molecule has 2 saturated heterocycles. The Bertz CT molecular complexity index is 740. The highest BCUT2D eigenvalue weighted by atomic mass is 16.7. The molecule has 292 valence electrons. The van der Waals surface area contributed by atoms with Crippen LogP contribution in [0, 0.1) is 0 Å². The lowest BCUT2D eigenvalue weighted by Crippen LogP contribution is -2.34. The Hall–Kier alpha value is -0.480. The zero-order valence-corrected chi connectivity index (χ0v) is 31.8. The number of hydrogen-bond donors (Lipinski definition) is 0. The minimum Gasteiger partial charge on any atom is -0.376 e. The molecule has 6 unspecified atom stereocenters. The van der Waals surface area contributed by atoms with E-state index in [1.165, 1.54) is 0 Å². The van der Waals surface area contributed by atoms with Crippen molar-refractivity contribution >= 4 is 0 Å². The first-order valence-electron chi connectivity index (χ1n) is 19.2. The van der Waals surface area contributed by atoms with Crippen molar-refractivity contribution in [2.45, 2.75) is 135 Å². The predicted molar refractivity (Wildman–Crippen MR) is 187 cm³/mol. The van der Waals surface area contributed by atoms with Gasteiger partial charge in [-0.15, -0.1) is 0 Å². The Morgan fingerprint density at radius 1 is 0.490 bits per heavy atom.